The van der Waals surface area contributed by atoms with Crippen molar-refractivity contribution in [1.82, 2.24) is 0 Å². The zero-order chi connectivity index (χ0) is 13.8. The molecule has 1 N–H and O–H groups in total. The van der Waals surface area contributed by atoms with Crippen LogP contribution in [-0.4, -0.2) is 11.2 Å². The molecule has 0 aromatic heterocycles. The number of hydrogen-bond donors (Lipinski definition) is 1. The van der Waals surface area contributed by atoms with Crippen LogP contribution in [-0.2, 0) is 6.61 Å². The van der Waals surface area contributed by atoms with E-state index >= 15 is 0 Å². The molecule has 0 saturated heterocycles. The zero-order valence-corrected chi connectivity index (χ0v) is 11.5. The third kappa shape index (κ3) is 3.20. The van der Waals surface area contributed by atoms with Gasteiger partial charge in [0, 0.05) is 0 Å². The standard InChI is InChI=1S/C18H20O2/c19-17-10-9-16(11-17)15-7-4-8-18(12-15)20-13-14-5-2-1-3-6-14/h1-8,12,16-17,19H,9-11,13H2. The number of hydrogen-bond acceptors (Lipinski definition) is 2. The Labute approximate surface area is 120 Å². The second-order valence-electron chi connectivity index (χ2n) is 5.51. The quantitative estimate of drug-likeness (QED) is 0.911. The molecule has 3 rings (SSSR count). The van der Waals surface area contributed by atoms with Crippen molar-refractivity contribution in [3.63, 3.8) is 0 Å². The lowest BCUT2D eigenvalue weighted by Crippen LogP contribution is -2.00. The number of benzene rings is 2. The van der Waals surface area contributed by atoms with Crippen molar-refractivity contribution in [2.45, 2.75) is 37.9 Å². The predicted molar refractivity (Wildman–Crippen MR) is 79.8 cm³/mol. The van der Waals surface area contributed by atoms with E-state index in [1.807, 2.05) is 30.3 Å². The summed E-state index contributed by atoms with van der Waals surface area (Å²) in [4.78, 5) is 0. The Kier molecular flexibility index (Phi) is 4.03. The summed E-state index contributed by atoms with van der Waals surface area (Å²) in [6, 6.07) is 18.5. The molecular formula is C18H20O2. The van der Waals surface area contributed by atoms with Gasteiger partial charge in [0.2, 0.25) is 0 Å². The van der Waals surface area contributed by atoms with Crippen LogP contribution in [0.4, 0.5) is 0 Å². The molecule has 0 heterocycles. The Morgan fingerprint density at radius 1 is 1.00 bits per heavy atom. The lowest BCUT2D eigenvalue weighted by molar-refractivity contribution is 0.181. The number of aliphatic hydroxyl groups excluding tert-OH is 1. The molecular weight excluding hydrogens is 248 g/mol. The first-order valence-corrected chi connectivity index (χ1v) is 7.26. The van der Waals surface area contributed by atoms with Gasteiger partial charge >= 0.3 is 0 Å². The molecule has 2 nitrogen and oxygen atoms in total. The van der Waals surface area contributed by atoms with E-state index in [1.54, 1.807) is 0 Å². The first kappa shape index (κ1) is 13.2. The van der Waals surface area contributed by atoms with E-state index in [9.17, 15) is 5.11 Å². The van der Waals surface area contributed by atoms with Gasteiger partial charge in [0.05, 0.1) is 6.10 Å². The average molecular weight is 268 g/mol. The second kappa shape index (κ2) is 6.10. The molecule has 0 spiro atoms. The first-order chi connectivity index (χ1) is 9.81. The summed E-state index contributed by atoms with van der Waals surface area (Å²) in [5.74, 6) is 1.39. The fourth-order valence-electron chi connectivity index (χ4n) is 2.86. The lowest BCUT2D eigenvalue weighted by Gasteiger charge is -2.12. The molecule has 1 aliphatic carbocycles. The molecule has 2 aromatic rings. The molecule has 1 fully saturated rings. The van der Waals surface area contributed by atoms with E-state index in [1.165, 1.54) is 11.1 Å². The van der Waals surface area contributed by atoms with Gasteiger partial charge < -0.3 is 9.84 Å². The lowest BCUT2D eigenvalue weighted by atomic mass is 9.97. The van der Waals surface area contributed by atoms with Gasteiger partial charge in [-0.05, 0) is 48.4 Å². The highest BCUT2D eigenvalue weighted by molar-refractivity contribution is 5.32. The highest BCUT2D eigenvalue weighted by Crippen LogP contribution is 2.35. The Bertz CT molecular complexity index is 550. The maximum atomic E-state index is 9.65. The Balaban J connectivity index is 1.65. The van der Waals surface area contributed by atoms with E-state index in [0.29, 0.717) is 12.5 Å². The van der Waals surface area contributed by atoms with Crippen molar-refractivity contribution < 1.29 is 9.84 Å². The maximum Gasteiger partial charge on any atom is 0.120 e. The van der Waals surface area contributed by atoms with Crippen molar-refractivity contribution in [3.05, 3.63) is 65.7 Å². The van der Waals surface area contributed by atoms with Crippen molar-refractivity contribution in [3.8, 4) is 5.75 Å². The van der Waals surface area contributed by atoms with Crippen LogP contribution in [0.2, 0.25) is 0 Å². The van der Waals surface area contributed by atoms with Gasteiger partial charge in [0.1, 0.15) is 12.4 Å². The Morgan fingerprint density at radius 3 is 2.60 bits per heavy atom. The van der Waals surface area contributed by atoms with Crippen LogP contribution in [0.15, 0.2) is 54.6 Å². The fraction of sp³-hybridized carbons (Fsp3) is 0.333. The zero-order valence-electron chi connectivity index (χ0n) is 11.5. The Morgan fingerprint density at radius 2 is 1.85 bits per heavy atom. The van der Waals surface area contributed by atoms with Gasteiger partial charge in [0.15, 0.2) is 0 Å². The predicted octanol–water partition coefficient (Wildman–Crippen LogP) is 3.89. The number of aliphatic hydroxyl groups is 1. The molecule has 104 valence electrons. The van der Waals surface area contributed by atoms with Crippen LogP contribution < -0.4 is 4.74 Å². The second-order valence-corrected chi connectivity index (χ2v) is 5.51. The minimum atomic E-state index is -0.131. The molecule has 2 heteroatoms. The van der Waals surface area contributed by atoms with Crippen LogP contribution in [0.5, 0.6) is 5.75 Å². The van der Waals surface area contributed by atoms with Crippen LogP contribution in [0.25, 0.3) is 0 Å². The minimum absolute atomic E-state index is 0.131. The summed E-state index contributed by atoms with van der Waals surface area (Å²) >= 11 is 0. The smallest absolute Gasteiger partial charge is 0.120 e. The van der Waals surface area contributed by atoms with Gasteiger partial charge in [-0.1, -0.05) is 42.5 Å². The molecule has 2 aromatic carbocycles. The molecule has 1 saturated carbocycles. The first-order valence-electron chi connectivity index (χ1n) is 7.26. The minimum Gasteiger partial charge on any atom is -0.489 e. The van der Waals surface area contributed by atoms with E-state index in [0.717, 1.165) is 25.0 Å². The molecule has 2 unspecified atom stereocenters. The Hall–Kier alpha value is -1.80. The normalized spacial score (nSPS) is 21.9. The topological polar surface area (TPSA) is 29.5 Å². The summed E-state index contributed by atoms with van der Waals surface area (Å²) in [6.07, 6.45) is 2.74. The van der Waals surface area contributed by atoms with Gasteiger partial charge in [0.25, 0.3) is 0 Å². The SMILES string of the molecule is OC1CCC(c2cccc(OCc3ccccc3)c2)C1. The molecule has 0 radical (unpaired) electrons. The molecule has 0 aliphatic heterocycles. The van der Waals surface area contributed by atoms with E-state index in [2.05, 4.69) is 24.3 Å². The maximum absolute atomic E-state index is 9.65. The largest absolute Gasteiger partial charge is 0.489 e. The van der Waals surface area contributed by atoms with Crippen LogP contribution in [0.3, 0.4) is 0 Å². The molecule has 0 bridgehead atoms. The van der Waals surface area contributed by atoms with E-state index < -0.39 is 0 Å². The van der Waals surface area contributed by atoms with Crippen LogP contribution in [0, 0.1) is 0 Å². The van der Waals surface area contributed by atoms with Gasteiger partial charge in [-0.15, -0.1) is 0 Å². The third-order valence-electron chi connectivity index (χ3n) is 3.98. The van der Waals surface area contributed by atoms with E-state index in [-0.39, 0.29) is 6.10 Å². The summed E-state index contributed by atoms with van der Waals surface area (Å²) in [6.45, 7) is 0.595. The van der Waals surface area contributed by atoms with Crippen LogP contribution >= 0.6 is 0 Å². The summed E-state index contributed by atoms with van der Waals surface area (Å²) < 4.78 is 5.86. The van der Waals surface area contributed by atoms with Gasteiger partial charge in [-0.2, -0.15) is 0 Å². The third-order valence-corrected chi connectivity index (χ3v) is 3.98. The molecule has 0 amide bonds. The van der Waals surface area contributed by atoms with Gasteiger partial charge in [-0.25, -0.2) is 0 Å². The average Bonchev–Trinajstić information content (AvgIpc) is 2.93. The van der Waals surface area contributed by atoms with Crippen molar-refractivity contribution in [2.24, 2.45) is 0 Å². The van der Waals surface area contributed by atoms with Crippen LogP contribution in [0.1, 0.15) is 36.3 Å². The summed E-state index contributed by atoms with van der Waals surface area (Å²) in [5.41, 5.74) is 2.46. The molecule has 20 heavy (non-hydrogen) atoms. The molecule has 2 atom stereocenters. The number of rotatable bonds is 4. The van der Waals surface area contributed by atoms with Crippen molar-refractivity contribution in [2.75, 3.05) is 0 Å². The van der Waals surface area contributed by atoms with Crippen molar-refractivity contribution >= 4 is 0 Å². The summed E-state index contributed by atoms with van der Waals surface area (Å²) in [5, 5.41) is 9.65. The van der Waals surface area contributed by atoms with Gasteiger partial charge in [-0.3, -0.25) is 0 Å². The summed E-state index contributed by atoms with van der Waals surface area (Å²) in [7, 11) is 0. The number of ether oxygens (including phenoxy) is 1. The monoisotopic (exact) mass is 268 g/mol. The molecule has 1 aliphatic rings. The van der Waals surface area contributed by atoms with E-state index in [4.69, 9.17) is 4.74 Å². The highest BCUT2D eigenvalue weighted by Gasteiger charge is 2.24. The highest BCUT2D eigenvalue weighted by atomic mass is 16.5. The fourth-order valence-corrected chi connectivity index (χ4v) is 2.86. The van der Waals surface area contributed by atoms with Crippen molar-refractivity contribution in [1.29, 1.82) is 0 Å².